The van der Waals surface area contributed by atoms with Crippen molar-refractivity contribution in [2.24, 2.45) is 0 Å². The summed E-state index contributed by atoms with van der Waals surface area (Å²) in [5.74, 6) is 0. The van der Waals surface area contributed by atoms with Gasteiger partial charge in [0, 0.05) is 4.90 Å². The van der Waals surface area contributed by atoms with Crippen molar-refractivity contribution in [1.82, 2.24) is 0 Å². The topological polar surface area (TPSA) is 0 Å². The van der Waals surface area contributed by atoms with Crippen LogP contribution in [0.1, 0.15) is 5.56 Å². The van der Waals surface area contributed by atoms with Crippen LogP contribution in [-0.2, 0) is 0 Å². The Balaban J connectivity index is 3.17. The zero-order chi connectivity index (χ0) is 6.85. The highest BCUT2D eigenvalue weighted by molar-refractivity contribution is 7.80. The first kappa shape index (κ1) is 6.90. The minimum absolute atomic E-state index is 1.03. The molecule has 0 atom stereocenters. The average molecular weight is 151 g/mol. The molecule has 0 heterocycles. The largest absolute Gasteiger partial charge is 0.143 e. The predicted octanol–water partition coefficient (Wildman–Crippen LogP) is 1.08. The van der Waals surface area contributed by atoms with Gasteiger partial charge in [0.2, 0.25) is 0 Å². The summed E-state index contributed by atoms with van der Waals surface area (Å²) in [6.07, 6.45) is 0. The van der Waals surface area contributed by atoms with E-state index in [4.69, 9.17) is 0 Å². The van der Waals surface area contributed by atoms with Gasteiger partial charge in [0.1, 0.15) is 0 Å². The third kappa shape index (κ3) is 1.59. The Kier molecular flexibility index (Phi) is 1.98. The zero-order valence-corrected chi connectivity index (χ0v) is 7.07. The van der Waals surface area contributed by atoms with E-state index in [1.165, 1.54) is 5.56 Å². The lowest BCUT2D eigenvalue weighted by molar-refractivity contribution is 1.33. The third-order valence-corrected chi connectivity index (χ3v) is 2.00. The van der Waals surface area contributed by atoms with Crippen molar-refractivity contribution in [2.45, 2.75) is 11.8 Å². The number of aryl methyl sites for hydroxylation is 1. The molecular formula is C7H7SSi. The normalized spacial score (nSPS) is 9.67. The molecule has 0 unspecified atom stereocenters. The van der Waals surface area contributed by atoms with Crippen LogP contribution in [0, 0.1) is 6.92 Å². The fraction of sp³-hybridized carbons (Fsp3) is 0.143. The lowest BCUT2D eigenvalue weighted by atomic mass is 10.2. The van der Waals surface area contributed by atoms with Crippen LogP contribution >= 0.6 is 12.6 Å². The molecule has 0 nitrogen and oxygen atoms in total. The maximum absolute atomic E-state index is 4.24. The van der Waals surface area contributed by atoms with Crippen LogP contribution in [0.25, 0.3) is 0 Å². The van der Waals surface area contributed by atoms with Gasteiger partial charge in [0.15, 0.2) is 0 Å². The molecule has 0 saturated carbocycles. The Morgan fingerprint density at radius 3 is 2.56 bits per heavy atom. The summed E-state index contributed by atoms with van der Waals surface area (Å²) in [4.78, 5) is 1.03. The van der Waals surface area contributed by atoms with E-state index in [9.17, 15) is 0 Å². The van der Waals surface area contributed by atoms with Crippen molar-refractivity contribution < 1.29 is 0 Å². The first-order valence-electron chi connectivity index (χ1n) is 2.71. The van der Waals surface area contributed by atoms with Crippen molar-refractivity contribution in [3.63, 3.8) is 0 Å². The van der Waals surface area contributed by atoms with Crippen LogP contribution in [0.2, 0.25) is 0 Å². The average Bonchev–Trinajstić information content (AvgIpc) is 1.80. The van der Waals surface area contributed by atoms with E-state index in [0.29, 0.717) is 0 Å². The highest BCUT2D eigenvalue weighted by atomic mass is 32.1. The molecule has 0 aliphatic heterocycles. The smallest absolute Gasteiger partial charge is 0.0712 e. The molecule has 0 aliphatic rings. The molecule has 9 heavy (non-hydrogen) atoms. The highest BCUT2D eigenvalue weighted by Gasteiger charge is 1.90. The van der Waals surface area contributed by atoms with Crippen LogP contribution in [0.4, 0.5) is 0 Å². The summed E-state index contributed by atoms with van der Waals surface area (Å²) in [7, 11) is 3.39. The second-order valence-electron chi connectivity index (χ2n) is 2.00. The number of rotatable bonds is 0. The van der Waals surface area contributed by atoms with Gasteiger partial charge < -0.3 is 0 Å². The van der Waals surface area contributed by atoms with Crippen molar-refractivity contribution >= 4 is 28.1 Å². The van der Waals surface area contributed by atoms with Gasteiger partial charge in [-0.3, -0.25) is 0 Å². The van der Waals surface area contributed by atoms with Crippen molar-refractivity contribution in [3.05, 3.63) is 23.8 Å². The molecule has 0 N–H and O–H groups in total. The summed E-state index contributed by atoms with van der Waals surface area (Å²) in [5, 5.41) is 1.07. The molecule has 0 fully saturated rings. The second kappa shape index (κ2) is 2.58. The van der Waals surface area contributed by atoms with Crippen molar-refractivity contribution in [2.75, 3.05) is 0 Å². The SMILES string of the molecule is Cc1ccc([Si])cc1S. The molecule has 0 saturated heterocycles. The number of hydrogen-bond donors (Lipinski definition) is 1. The molecule has 45 valence electrons. The molecule has 0 spiro atoms. The van der Waals surface area contributed by atoms with E-state index in [1.54, 1.807) is 0 Å². The minimum atomic E-state index is 1.03. The minimum Gasteiger partial charge on any atom is -0.143 e. The number of benzene rings is 1. The lowest BCUT2D eigenvalue weighted by Gasteiger charge is -1.97. The van der Waals surface area contributed by atoms with Crippen LogP contribution < -0.4 is 5.19 Å². The molecule has 0 amide bonds. The summed E-state index contributed by atoms with van der Waals surface area (Å²) >= 11 is 4.24. The van der Waals surface area contributed by atoms with E-state index >= 15 is 0 Å². The van der Waals surface area contributed by atoms with Crippen LogP contribution in [-0.4, -0.2) is 10.2 Å². The van der Waals surface area contributed by atoms with Crippen molar-refractivity contribution in [3.8, 4) is 0 Å². The summed E-state index contributed by atoms with van der Waals surface area (Å²) in [6.45, 7) is 2.04. The molecular weight excluding hydrogens is 144 g/mol. The Labute approximate surface area is 64.1 Å². The Hall–Kier alpha value is -0.213. The van der Waals surface area contributed by atoms with Gasteiger partial charge in [-0.1, -0.05) is 23.4 Å². The van der Waals surface area contributed by atoms with Gasteiger partial charge in [-0.15, -0.1) is 12.6 Å². The molecule has 0 aliphatic carbocycles. The first-order valence-corrected chi connectivity index (χ1v) is 3.66. The Bertz CT molecular complexity index is 220. The van der Waals surface area contributed by atoms with Crippen LogP contribution in [0.15, 0.2) is 23.1 Å². The monoisotopic (exact) mass is 151 g/mol. The van der Waals surface area contributed by atoms with Gasteiger partial charge in [-0.2, -0.15) is 0 Å². The molecule has 2 heteroatoms. The maximum Gasteiger partial charge on any atom is 0.0712 e. The fourth-order valence-corrected chi connectivity index (χ4v) is 1.17. The highest BCUT2D eigenvalue weighted by Crippen LogP contribution is 2.08. The van der Waals surface area contributed by atoms with E-state index in [1.807, 2.05) is 25.1 Å². The van der Waals surface area contributed by atoms with Crippen molar-refractivity contribution in [1.29, 1.82) is 0 Å². The van der Waals surface area contributed by atoms with E-state index in [2.05, 4.69) is 22.9 Å². The summed E-state index contributed by atoms with van der Waals surface area (Å²) in [6, 6.07) is 6.02. The molecule has 3 radical (unpaired) electrons. The van der Waals surface area contributed by atoms with Gasteiger partial charge in [-0.25, -0.2) is 0 Å². The standard InChI is InChI=1S/C7H7SSi/c1-5-2-3-6(9)4-7(5)8/h2-4,8H,1H3. The fourth-order valence-electron chi connectivity index (χ4n) is 0.609. The molecule has 0 bridgehead atoms. The van der Waals surface area contributed by atoms with Crippen LogP contribution in [0.5, 0.6) is 0 Å². The van der Waals surface area contributed by atoms with Gasteiger partial charge in [-0.05, 0) is 12.5 Å². The Morgan fingerprint density at radius 2 is 2.11 bits per heavy atom. The predicted molar refractivity (Wildman–Crippen MR) is 43.8 cm³/mol. The Morgan fingerprint density at radius 1 is 1.44 bits per heavy atom. The third-order valence-electron chi connectivity index (χ3n) is 1.21. The van der Waals surface area contributed by atoms with Crippen LogP contribution in [0.3, 0.4) is 0 Å². The second-order valence-corrected chi connectivity index (χ2v) is 3.06. The van der Waals surface area contributed by atoms with E-state index in [0.717, 1.165) is 10.1 Å². The van der Waals surface area contributed by atoms with E-state index < -0.39 is 0 Å². The van der Waals surface area contributed by atoms with Gasteiger partial charge in [0.05, 0.1) is 10.2 Å². The molecule has 1 aromatic rings. The maximum atomic E-state index is 4.24. The van der Waals surface area contributed by atoms with Gasteiger partial charge >= 0.3 is 0 Å². The van der Waals surface area contributed by atoms with Gasteiger partial charge in [0.25, 0.3) is 0 Å². The number of hydrogen-bond acceptors (Lipinski definition) is 1. The summed E-state index contributed by atoms with van der Waals surface area (Å²) in [5.41, 5.74) is 1.21. The zero-order valence-electron chi connectivity index (χ0n) is 5.18. The number of thiol groups is 1. The molecule has 0 aromatic heterocycles. The summed E-state index contributed by atoms with van der Waals surface area (Å²) < 4.78 is 0. The quantitative estimate of drug-likeness (QED) is 0.416. The lowest BCUT2D eigenvalue weighted by Crippen LogP contribution is -2.00. The van der Waals surface area contributed by atoms with E-state index in [-0.39, 0.29) is 0 Å². The molecule has 1 aromatic carbocycles. The first-order chi connectivity index (χ1) is 4.20. The molecule has 1 rings (SSSR count).